The van der Waals surface area contributed by atoms with Crippen LogP contribution >= 0.6 is 0 Å². The van der Waals surface area contributed by atoms with Gasteiger partial charge in [0.15, 0.2) is 11.5 Å². The lowest BCUT2D eigenvalue weighted by Gasteiger charge is -2.46. The van der Waals surface area contributed by atoms with Crippen molar-refractivity contribution in [2.45, 2.75) is 38.3 Å². The van der Waals surface area contributed by atoms with Crippen molar-refractivity contribution >= 4 is 5.91 Å². The Morgan fingerprint density at radius 2 is 1.68 bits per heavy atom. The molecule has 3 aromatic carbocycles. The average Bonchev–Trinajstić information content (AvgIpc) is 2.80. The number of rotatable bonds is 4. The fourth-order valence-electron chi connectivity index (χ4n) is 5.24. The molecule has 0 N–H and O–H groups in total. The molecule has 0 fully saturated rings. The van der Waals surface area contributed by atoms with Crippen LogP contribution in [-0.2, 0) is 13.0 Å². The first-order valence-electron chi connectivity index (χ1n) is 10.8. The molecular weight excluding hydrogens is 386 g/mol. The number of methoxy groups -OCH3 is 2. The number of ether oxygens (including phenoxy) is 2. The summed E-state index contributed by atoms with van der Waals surface area (Å²) in [5, 5.41) is 0. The van der Waals surface area contributed by atoms with Gasteiger partial charge in [-0.05, 0) is 60.2 Å². The third-order valence-corrected chi connectivity index (χ3v) is 6.70. The van der Waals surface area contributed by atoms with E-state index in [1.54, 1.807) is 14.2 Å². The topological polar surface area (TPSA) is 38.8 Å². The van der Waals surface area contributed by atoms with E-state index < -0.39 is 0 Å². The van der Waals surface area contributed by atoms with Gasteiger partial charge in [-0.1, -0.05) is 48.0 Å². The fraction of sp³-hybridized carbons (Fsp3) is 0.296. The number of fused-ring (bicyclic) bond motifs is 5. The van der Waals surface area contributed by atoms with Crippen molar-refractivity contribution in [3.63, 3.8) is 0 Å². The standard InChI is InChI=1S/C27H27NO3/c1-17-9-11-20-22(13-17)26-21-15-25(31-3)24(30-2)14-19(21)10-12-23(26)28(27(20)29)16-18-7-5-4-6-8-18/h4-9,11,13-15,23,26H,10,12,16H2,1-3H3/t23-,26+/m0/s1. The minimum absolute atomic E-state index is 0.118. The van der Waals surface area contributed by atoms with Crippen molar-refractivity contribution in [3.8, 4) is 11.5 Å². The van der Waals surface area contributed by atoms with E-state index in [2.05, 4.69) is 42.2 Å². The number of aryl methyl sites for hydroxylation is 2. The Kier molecular flexibility index (Phi) is 4.93. The third kappa shape index (κ3) is 3.27. The van der Waals surface area contributed by atoms with Crippen LogP contribution in [0.4, 0.5) is 0 Å². The molecule has 1 aliphatic heterocycles. The molecular formula is C27H27NO3. The van der Waals surface area contributed by atoms with Gasteiger partial charge in [-0.2, -0.15) is 0 Å². The zero-order chi connectivity index (χ0) is 21.5. The van der Waals surface area contributed by atoms with E-state index >= 15 is 0 Å². The van der Waals surface area contributed by atoms with Gasteiger partial charge in [-0.3, -0.25) is 4.79 Å². The molecule has 0 spiro atoms. The van der Waals surface area contributed by atoms with E-state index in [0.717, 1.165) is 41.0 Å². The Balaban J connectivity index is 1.67. The molecule has 0 unspecified atom stereocenters. The number of amides is 1. The molecule has 1 amide bonds. The van der Waals surface area contributed by atoms with E-state index in [1.165, 1.54) is 16.7 Å². The van der Waals surface area contributed by atoms with Gasteiger partial charge in [0.05, 0.1) is 14.2 Å². The highest BCUT2D eigenvalue weighted by atomic mass is 16.5. The second kappa shape index (κ2) is 7.77. The van der Waals surface area contributed by atoms with E-state index in [-0.39, 0.29) is 17.9 Å². The summed E-state index contributed by atoms with van der Waals surface area (Å²) in [6, 6.07) is 20.8. The van der Waals surface area contributed by atoms with E-state index in [9.17, 15) is 4.79 Å². The van der Waals surface area contributed by atoms with Crippen LogP contribution in [0, 0.1) is 6.92 Å². The van der Waals surface area contributed by atoms with E-state index in [0.29, 0.717) is 6.54 Å². The highest BCUT2D eigenvalue weighted by molar-refractivity contribution is 5.98. The summed E-state index contributed by atoms with van der Waals surface area (Å²) in [7, 11) is 3.35. The van der Waals surface area contributed by atoms with Crippen LogP contribution in [0.3, 0.4) is 0 Å². The highest BCUT2D eigenvalue weighted by Gasteiger charge is 2.43. The van der Waals surface area contributed by atoms with Crippen LogP contribution in [0.25, 0.3) is 0 Å². The van der Waals surface area contributed by atoms with Crippen LogP contribution in [0.15, 0.2) is 60.7 Å². The van der Waals surface area contributed by atoms with Gasteiger partial charge in [0.1, 0.15) is 0 Å². The molecule has 31 heavy (non-hydrogen) atoms. The Bertz CT molecular complexity index is 1140. The predicted octanol–water partition coefficient (Wildman–Crippen LogP) is 5.11. The molecule has 0 aromatic heterocycles. The fourth-order valence-corrected chi connectivity index (χ4v) is 5.24. The second-order valence-corrected chi connectivity index (χ2v) is 8.50. The van der Waals surface area contributed by atoms with E-state index in [1.807, 2.05) is 30.3 Å². The number of nitrogens with zero attached hydrogens (tertiary/aromatic N) is 1. The minimum atomic E-state index is 0.118. The summed E-state index contributed by atoms with van der Waals surface area (Å²) >= 11 is 0. The summed E-state index contributed by atoms with van der Waals surface area (Å²) in [4.78, 5) is 15.7. The van der Waals surface area contributed by atoms with Crippen molar-refractivity contribution in [1.29, 1.82) is 0 Å². The molecule has 0 bridgehead atoms. The summed E-state index contributed by atoms with van der Waals surface area (Å²) < 4.78 is 11.2. The molecule has 2 atom stereocenters. The average molecular weight is 414 g/mol. The summed E-state index contributed by atoms with van der Waals surface area (Å²) in [6.45, 7) is 2.71. The van der Waals surface area contributed by atoms with Gasteiger partial charge in [0.2, 0.25) is 0 Å². The lowest BCUT2D eigenvalue weighted by atomic mass is 9.71. The van der Waals surface area contributed by atoms with Crippen LogP contribution in [0.2, 0.25) is 0 Å². The maximum absolute atomic E-state index is 13.6. The predicted molar refractivity (Wildman–Crippen MR) is 121 cm³/mol. The zero-order valence-electron chi connectivity index (χ0n) is 18.2. The molecule has 2 aliphatic rings. The molecule has 158 valence electrons. The van der Waals surface area contributed by atoms with Crippen molar-refractivity contribution in [2.24, 2.45) is 0 Å². The lowest BCUT2D eigenvalue weighted by molar-refractivity contribution is 0.0586. The van der Waals surface area contributed by atoms with Gasteiger partial charge >= 0.3 is 0 Å². The molecule has 0 saturated carbocycles. The number of hydrogen-bond donors (Lipinski definition) is 0. The maximum atomic E-state index is 13.6. The molecule has 1 aliphatic carbocycles. The maximum Gasteiger partial charge on any atom is 0.254 e. The molecule has 0 saturated heterocycles. The number of hydrogen-bond acceptors (Lipinski definition) is 3. The molecule has 5 rings (SSSR count). The second-order valence-electron chi connectivity index (χ2n) is 8.50. The van der Waals surface area contributed by atoms with Gasteiger partial charge < -0.3 is 14.4 Å². The molecule has 0 radical (unpaired) electrons. The highest BCUT2D eigenvalue weighted by Crippen LogP contribution is 2.47. The normalized spacial score (nSPS) is 19.3. The summed E-state index contributed by atoms with van der Waals surface area (Å²) in [5.41, 5.74) is 6.79. The SMILES string of the molecule is COc1cc2c(cc1OC)[C@@H]1c3cc(C)ccc3C(=O)N(Cc3ccccc3)[C@H]1CC2. The number of carbonyl (C=O) groups is 1. The molecule has 4 heteroatoms. The Hall–Kier alpha value is -3.27. The first kappa shape index (κ1) is 19.7. The van der Waals surface area contributed by atoms with Crippen LogP contribution in [-0.4, -0.2) is 31.1 Å². The van der Waals surface area contributed by atoms with E-state index in [4.69, 9.17) is 9.47 Å². The van der Waals surface area contributed by atoms with Crippen molar-refractivity contribution < 1.29 is 14.3 Å². The Morgan fingerprint density at radius 1 is 0.935 bits per heavy atom. The molecule has 1 heterocycles. The van der Waals surface area contributed by atoms with Crippen LogP contribution < -0.4 is 9.47 Å². The Morgan fingerprint density at radius 3 is 2.42 bits per heavy atom. The molecule has 4 nitrogen and oxygen atoms in total. The van der Waals surface area contributed by atoms with Gasteiger partial charge in [0, 0.05) is 24.1 Å². The largest absolute Gasteiger partial charge is 0.493 e. The minimum Gasteiger partial charge on any atom is -0.493 e. The first-order chi connectivity index (χ1) is 15.1. The van der Waals surface area contributed by atoms with Gasteiger partial charge in [-0.15, -0.1) is 0 Å². The van der Waals surface area contributed by atoms with Gasteiger partial charge in [-0.25, -0.2) is 0 Å². The number of benzene rings is 3. The van der Waals surface area contributed by atoms with Crippen molar-refractivity contribution in [1.82, 2.24) is 4.90 Å². The summed E-state index contributed by atoms with van der Waals surface area (Å²) in [6.07, 6.45) is 1.84. The van der Waals surface area contributed by atoms with Crippen LogP contribution in [0.5, 0.6) is 11.5 Å². The van der Waals surface area contributed by atoms with Gasteiger partial charge in [0.25, 0.3) is 5.91 Å². The number of carbonyl (C=O) groups excluding carboxylic acids is 1. The first-order valence-corrected chi connectivity index (χ1v) is 10.8. The molecule has 3 aromatic rings. The quantitative estimate of drug-likeness (QED) is 0.596. The summed E-state index contributed by atoms with van der Waals surface area (Å²) in [5.74, 6) is 1.75. The third-order valence-electron chi connectivity index (χ3n) is 6.70. The Labute approximate surface area is 183 Å². The van der Waals surface area contributed by atoms with Crippen molar-refractivity contribution in [3.05, 3.63) is 94.0 Å². The lowest BCUT2D eigenvalue weighted by Crippen LogP contribution is -2.49. The monoisotopic (exact) mass is 413 g/mol. The smallest absolute Gasteiger partial charge is 0.254 e. The zero-order valence-corrected chi connectivity index (χ0v) is 18.2. The van der Waals surface area contributed by atoms with Crippen molar-refractivity contribution in [2.75, 3.05) is 14.2 Å². The van der Waals surface area contributed by atoms with Crippen LogP contribution in [0.1, 0.15) is 50.5 Å².